The molecule has 0 amide bonds. The van der Waals surface area contributed by atoms with Crippen LogP contribution in [0.5, 0.6) is 0 Å². The summed E-state index contributed by atoms with van der Waals surface area (Å²) in [7, 11) is -8.69. The first kappa shape index (κ1) is 21.1. The SMILES string of the molecule is CCNS(=O)(=O)C1=C(N)c2cc3c(cc2=C(S(=O)(=O)NCC)C1=O)C=CC(=O)C=3. The Morgan fingerprint density at radius 3 is 2.07 bits per heavy atom. The van der Waals surface area contributed by atoms with E-state index in [0.29, 0.717) is 10.8 Å². The van der Waals surface area contributed by atoms with Crippen LogP contribution in [-0.2, 0) is 29.6 Å². The number of fused-ring (bicyclic) bond motifs is 2. The normalized spacial score (nSPS) is 16.6. The minimum absolute atomic E-state index is 0.00391. The summed E-state index contributed by atoms with van der Waals surface area (Å²) in [5.41, 5.74) is 6.22. The second-order valence-corrected chi connectivity index (χ2v) is 9.72. The standard InChI is InChI=1S/C18H19N3O6S2/c1-3-20-28(24,25)17-14-8-10-5-6-12(22)7-11(10)9-13(14)15(19)18(16(17)23)29(26,27)21-4-2/h5-9,20-21H,3-4,19H2,1-2H3. The van der Waals surface area contributed by atoms with Crippen LogP contribution < -0.4 is 25.6 Å². The molecule has 1 aromatic rings. The van der Waals surface area contributed by atoms with Crippen molar-refractivity contribution in [1.29, 1.82) is 0 Å². The Bertz CT molecular complexity index is 1340. The number of sulfonamides is 2. The van der Waals surface area contributed by atoms with Crippen molar-refractivity contribution in [2.75, 3.05) is 13.1 Å². The van der Waals surface area contributed by atoms with Crippen molar-refractivity contribution in [1.82, 2.24) is 9.44 Å². The van der Waals surface area contributed by atoms with Gasteiger partial charge in [0.15, 0.2) is 10.7 Å². The zero-order chi connectivity index (χ0) is 21.6. The quantitative estimate of drug-likeness (QED) is 0.478. The molecule has 0 bridgehead atoms. The van der Waals surface area contributed by atoms with Gasteiger partial charge in [-0.15, -0.1) is 0 Å². The molecule has 29 heavy (non-hydrogen) atoms. The van der Waals surface area contributed by atoms with Crippen LogP contribution >= 0.6 is 0 Å². The molecule has 3 rings (SSSR count). The van der Waals surface area contributed by atoms with Gasteiger partial charge in [-0.1, -0.05) is 19.9 Å². The molecular formula is C18H19N3O6S2. The van der Waals surface area contributed by atoms with Crippen molar-refractivity contribution in [2.24, 2.45) is 5.73 Å². The Kier molecular flexibility index (Phi) is 5.34. The van der Waals surface area contributed by atoms with Gasteiger partial charge in [-0.25, -0.2) is 26.3 Å². The fourth-order valence-electron chi connectivity index (χ4n) is 3.21. The Morgan fingerprint density at radius 1 is 0.897 bits per heavy atom. The van der Waals surface area contributed by atoms with E-state index in [4.69, 9.17) is 5.73 Å². The van der Waals surface area contributed by atoms with E-state index in [2.05, 4.69) is 9.44 Å². The molecule has 2 aliphatic carbocycles. The summed E-state index contributed by atoms with van der Waals surface area (Å²) in [6.07, 6.45) is 4.11. The first-order chi connectivity index (χ1) is 13.5. The molecule has 0 aliphatic heterocycles. The van der Waals surface area contributed by atoms with Crippen LogP contribution in [0, 0.1) is 0 Å². The highest BCUT2D eigenvalue weighted by Crippen LogP contribution is 2.26. The van der Waals surface area contributed by atoms with Gasteiger partial charge in [0, 0.05) is 23.9 Å². The van der Waals surface area contributed by atoms with Crippen LogP contribution in [0.4, 0.5) is 0 Å². The lowest BCUT2D eigenvalue weighted by atomic mass is 9.95. The molecule has 1 aromatic carbocycles. The zero-order valence-electron chi connectivity index (χ0n) is 15.6. The second kappa shape index (κ2) is 7.34. The number of carbonyl (C=O) groups is 2. The number of Topliss-reactive ketones (excluding diaryl/α,β-unsaturated/α-hetero) is 1. The predicted molar refractivity (Wildman–Crippen MR) is 109 cm³/mol. The summed E-state index contributed by atoms with van der Waals surface area (Å²) in [6.45, 7) is 3.02. The Balaban J connectivity index is 2.50. The predicted octanol–water partition coefficient (Wildman–Crippen LogP) is -1.74. The smallest absolute Gasteiger partial charge is 0.246 e. The van der Waals surface area contributed by atoms with Crippen LogP contribution in [-0.4, -0.2) is 41.5 Å². The third-order valence-corrected chi connectivity index (χ3v) is 7.57. The highest BCUT2D eigenvalue weighted by molar-refractivity contribution is 8.01. The van der Waals surface area contributed by atoms with Gasteiger partial charge in [-0.05, 0) is 35.1 Å². The van der Waals surface area contributed by atoms with Gasteiger partial charge in [-0.2, -0.15) is 0 Å². The summed E-state index contributed by atoms with van der Waals surface area (Å²) in [6, 6.07) is 2.83. The molecule has 0 saturated carbocycles. The third-order valence-electron chi connectivity index (χ3n) is 4.35. The number of ketones is 2. The highest BCUT2D eigenvalue weighted by atomic mass is 32.2. The van der Waals surface area contributed by atoms with E-state index in [9.17, 15) is 26.4 Å². The first-order valence-electron chi connectivity index (χ1n) is 8.69. The number of nitrogens with one attached hydrogen (secondary N) is 2. The number of benzene rings is 1. The highest BCUT2D eigenvalue weighted by Gasteiger charge is 2.39. The number of hydrogen-bond acceptors (Lipinski definition) is 7. The fraction of sp³-hybridized carbons (Fsp3) is 0.222. The van der Waals surface area contributed by atoms with Gasteiger partial charge < -0.3 is 5.73 Å². The first-order valence-corrected chi connectivity index (χ1v) is 11.7. The molecule has 0 unspecified atom stereocenters. The van der Waals surface area contributed by atoms with Crippen LogP contribution in [0.25, 0.3) is 22.8 Å². The number of nitrogens with two attached hydrogens (primary N) is 1. The zero-order valence-corrected chi connectivity index (χ0v) is 17.3. The molecule has 0 spiro atoms. The summed E-state index contributed by atoms with van der Waals surface area (Å²) >= 11 is 0. The van der Waals surface area contributed by atoms with Gasteiger partial charge >= 0.3 is 0 Å². The molecule has 4 N–H and O–H groups in total. The molecule has 11 heteroatoms. The summed E-state index contributed by atoms with van der Waals surface area (Å²) in [5.74, 6) is -1.49. The van der Waals surface area contributed by atoms with Crippen molar-refractivity contribution < 1.29 is 26.4 Å². The van der Waals surface area contributed by atoms with Gasteiger partial charge in [0.1, 0.15) is 4.91 Å². The van der Waals surface area contributed by atoms with Gasteiger partial charge in [0.25, 0.3) is 0 Å². The minimum atomic E-state index is -4.36. The van der Waals surface area contributed by atoms with Crippen molar-refractivity contribution in [3.8, 4) is 0 Å². The lowest BCUT2D eigenvalue weighted by molar-refractivity contribution is -0.110. The van der Waals surface area contributed by atoms with Crippen molar-refractivity contribution >= 4 is 54.4 Å². The number of allylic oxidation sites excluding steroid dienone is 2. The Morgan fingerprint density at radius 2 is 1.48 bits per heavy atom. The van der Waals surface area contributed by atoms with E-state index < -0.39 is 35.6 Å². The summed E-state index contributed by atoms with van der Waals surface area (Å²) in [4.78, 5) is 23.2. The fourth-order valence-corrected chi connectivity index (χ4v) is 5.88. The van der Waals surface area contributed by atoms with Crippen molar-refractivity contribution in [2.45, 2.75) is 13.8 Å². The van der Waals surface area contributed by atoms with Crippen LogP contribution in [0.1, 0.15) is 25.0 Å². The van der Waals surface area contributed by atoms with E-state index >= 15 is 0 Å². The molecule has 154 valence electrons. The second-order valence-electron chi connectivity index (χ2n) is 6.31. The maximum absolute atomic E-state index is 13.1. The van der Waals surface area contributed by atoms with Crippen molar-refractivity contribution in [3.05, 3.63) is 44.7 Å². The average Bonchev–Trinajstić information content (AvgIpc) is 2.60. The van der Waals surface area contributed by atoms with Gasteiger partial charge in [0.05, 0.1) is 5.70 Å². The maximum Gasteiger partial charge on any atom is 0.246 e. The molecule has 0 fully saturated rings. The minimum Gasteiger partial charge on any atom is -0.397 e. The number of carbonyl (C=O) groups excluding carboxylic acids is 2. The number of rotatable bonds is 6. The molecular weight excluding hydrogens is 418 g/mol. The largest absolute Gasteiger partial charge is 0.397 e. The Hall–Kier alpha value is -2.60. The molecule has 9 nitrogen and oxygen atoms in total. The molecule has 0 saturated heterocycles. The monoisotopic (exact) mass is 437 g/mol. The molecule has 0 radical (unpaired) electrons. The number of hydrogen-bond donors (Lipinski definition) is 3. The van der Waals surface area contributed by atoms with E-state index in [-0.39, 0.29) is 35.4 Å². The van der Waals surface area contributed by atoms with Crippen LogP contribution in [0.3, 0.4) is 0 Å². The average molecular weight is 437 g/mol. The molecule has 0 atom stereocenters. The molecule has 2 aliphatic rings. The van der Waals surface area contributed by atoms with Crippen molar-refractivity contribution in [3.63, 3.8) is 0 Å². The third kappa shape index (κ3) is 3.57. The Labute approximate surface area is 167 Å². The summed E-state index contributed by atoms with van der Waals surface area (Å²) in [5, 5.41) is 0.420. The van der Waals surface area contributed by atoms with Crippen LogP contribution in [0.15, 0.2) is 23.1 Å². The van der Waals surface area contributed by atoms with E-state index in [0.717, 1.165) is 0 Å². The van der Waals surface area contributed by atoms with Gasteiger partial charge in [0.2, 0.25) is 25.8 Å². The van der Waals surface area contributed by atoms with E-state index in [1.807, 2.05) is 0 Å². The summed E-state index contributed by atoms with van der Waals surface area (Å²) < 4.78 is 55.2. The van der Waals surface area contributed by atoms with Crippen LogP contribution in [0.2, 0.25) is 0 Å². The maximum atomic E-state index is 13.1. The lowest BCUT2D eigenvalue weighted by Gasteiger charge is -2.21. The molecule has 0 aromatic heterocycles. The van der Waals surface area contributed by atoms with E-state index in [1.54, 1.807) is 0 Å². The topological polar surface area (TPSA) is 152 Å². The lowest BCUT2D eigenvalue weighted by Crippen LogP contribution is -2.41. The molecule has 0 heterocycles. The van der Waals surface area contributed by atoms with E-state index in [1.165, 1.54) is 44.2 Å². The van der Waals surface area contributed by atoms with Gasteiger partial charge in [-0.3, -0.25) is 9.59 Å².